The van der Waals surface area contributed by atoms with Gasteiger partial charge in [-0.2, -0.15) is 4.98 Å². The monoisotopic (exact) mass is 273 g/mol. The quantitative estimate of drug-likeness (QED) is 0.843. The molecule has 1 unspecified atom stereocenters. The molecular weight excluding hydrogens is 250 g/mol. The first-order valence-corrected chi connectivity index (χ1v) is 7.27. The summed E-state index contributed by atoms with van der Waals surface area (Å²) in [6.45, 7) is 7.47. The maximum Gasteiger partial charge on any atom is 0.228 e. The fourth-order valence-electron chi connectivity index (χ4n) is 2.22. The largest absolute Gasteiger partial charge is 0.339 e. The molecule has 0 aliphatic carbocycles. The van der Waals surface area contributed by atoms with Crippen molar-refractivity contribution in [3.8, 4) is 0 Å². The summed E-state index contributed by atoms with van der Waals surface area (Å²) in [6, 6.07) is 10.6. The molecule has 1 heterocycles. The first-order chi connectivity index (χ1) is 9.69. The molecule has 0 fully saturated rings. The predicted octanol–water partition coefficient (Wildman–Crippen LogP) is 2.84. The average Bonchev–Trinajstić information content (AvgIpc) is 2.86. The Morgan fingerprint density at radius 1 is 1.20 bits per heavy atom. The van der Waals surface area contributed by atoms with Crippen molar-refractivity contribution < 1.29 is 4.52 Å². The molecule has 0 aliphatic rings. The lowest BCUT2D eigenvalue weighted by Gasteiger charge is -2.19. The minimum absolute atomic E-state index is 0.380. The smallest absolute Gasteiger partial charge is 0.228 e. The van der Waals surface area contributed by atoms with E-state index in [1.807, 2.05) is 18.2 Å². The zero-order valence-corrected chi connectivity index (χ0v) is 12.5. The summed E-state index contributed by atoms with van der Waals surface area (Å²) in [5, 5.41) is 7.53. The van der Waals surface area contributed by atoms with Gasteiger partial charge in [0.2, 0.25) is 5.89 Å². The number of likely N-dealkylation sites (N-methyl/N-ethyl adjacent to an activating group) is 1. The number of nitrogens with one attached hydrogen (secondary N) is 1. The van der Waals surface area contributed by atoms with Crippen molar-refractivity contribution in [2.75, 3.05) is 6.54 Å². The van der Waals surface area contributed by atoms with E-state index in [4.69, 9.17) is 4.52 Å². The van der Waals surface area contributed by atoms with Gasteiger partial charge in [0.1, 0.15) is 0 Å². The Kier molecular flexibility index (Phi) is 5.30. The van der Waals surface area contributed by atoms with Gasteiger partial charge < -0.3 is 9.84 Å². The minimum atomic E-state index is 0.380. The van der Waals surface area contributed by atoms with Gasteiger partial charge in [0, 0.05) is 18.9 Å². The molecule has 20 heavy (non-hydrogen) atoms. The van der Waals surface area contributed by atoms with E-state index >= 15 is 0 Å². The molecule has 2 rings (SSSR count). The van der Waals surface area contributed by atoms with Crippen LogP contribution in [-0.2, 0) is 12.8 Å². The van der Waals surface area contributed by atoms with Crippen molar-refractivity contribution in [1.82, 2.24) is 15.5 Å². The van der Waals surface area contributed by atoms with Crippen molar-refractivity contribution in [3.05, 3.63) is 47.6 Å². The number of hydrogen-bond donors (Lipinski definition) is 1. The van der Waals surface area contributed by atoms with E-state index in [9.17, 15) is 0 Å². The highest BCUT2D eigenvalue weighted by Crippen LogP contribution is 2.11. The summed E-state index contributed by atoms with van der Waals surface area (Å²) in [4.78, 5) is 4.49. The molecule has 4 heteroatoms. The fraction of sp³-hybridized carbons (Fsp3) is 0.500. The third-order valence-electron chi connectivity index (χ3n) is 3.38. The van der Waals surface area contributed by atoms with Gasteiger partial charge in [-0.15, -0.1) is 0 Å². The summed E-state index contributed by atoms with van der Waals surface area (Å²) in [5.41, 5.74) is 1.20. The molecule has 0 aliphatic heterocycles. The third kappa shape index (κ3) is 4.17. The van der Waals surface area contributed by atoms with E-state index in [0.29, 0.717) is 12.0 Å². The Morgan fingerprint density at radius 3 is 2.60 bits per heavy atom. The van der Waals surface area contributed by atoms with Crippen LogP contribution in [0.25, 0.3) is 0 Å². The molecule has 1 aromatic heterocycles. The number of aromatic nitrogens is 2. The highest BCUT2D eigenvalue weighted by atomic mass is 16.5. The van der Waals surface area contributed by atoms with Crippen LogP contribution in [-0.4, -0.2) is 22.7 Å². The molecule has 0 saturated carbocycles. The van der Waals surface area contributed by atoms with Crippen molar-refractivity contribution in [2.24, 2.45) is 5.92 Å². The zero-order valence-electron chi connectivity index (χ0n) is 12.5. The summed E-state index contributed by atoms with van der Waals surface area (Å²) < 4.78 is 5.36. The molecule has 0 amide bonds. The first-order valence-electron chi connectivity index (χ1n) is 7.27. The van der Waals surface area contributed by atoms with Crippen LogP contribution in [0.3, 0.4) is 0 Å². The molecular formula is C16H23N3O. The molecule has 1 N–H and O–H groups in total. The zero-order chi connectivity index (χ0) is 14.4. The van der Waals surface area contributed by atoms with Gasteiger partial charge in [-0.3, -0.25) is 0 Å². The highest BCUT2D eigenvalue weighted by molar-refractivity contribution is 5.18. The van der Waals surface area contributed by atoms with Crippen molar-refractivity contribution in [2.45, 2.75) is 39.7 Å². The third-order valence-corrected chi connectivity index (χ3v) is 3.38. The predicted molar refractivity (Wildman–Crippen MR) is 79.6 cm³/mol. The van der Waals surface area contributed by atoms with Crippen molar-refractivity contribution in [1.29, 1.82) is 0 Å². The molecule has 0 spiro atoms. The van der Waals surface area contributed by atoms with Gasteiger partial charge in [0.05, 0.1) is 0 Å². The van der Waals surface area contributed by atoms with Crippen molar-refractivity contribution >= 4 is 0 Å². The molecule has 0 saturated heterocycles. The lowest BCUT2D eigenvalue weighted by Crippen LogP contribution is -2.35. The van der Waals surface area contributed by atoms with E-state index < -0.39 is 0 Å². The molecule has 1 atom stereocenters. The maximum atomic E-state index is 5.36. The minimum Gasteiger partial charge on any atom is -0.339 e. The van der Waals surface area contributed by atoms with E-state index in [-0.39, 0.29) is 0 Å². The topological polar surface area (TPSA) is 51.0 Å². The maximum absolute atomic E-state index is 5.36. The van der Waals surface area contributed by atoms with Crippen LogP contribution in [0.4, 0.5) is 0 Å². The molecule has 1 aromatic carbocycles. The molecule has 2 aromatic rings. The van der Waals surface area contributed by atoms with E-state index in [1.165, 1.54) is 5.56 Å². The summed E-state index contributed by atoms with van der Waals surface area (Å²) >= 11 is 0. The normalized spacial score (nSPS) is 12.8. The van der Waals surface area contributed by atoms with Gasteiger partial charge in [-0.05, 0) is 18.0 Å². The second-order valence-corrected chi connectivity index (χ2v) is 5.38. The Hall–Kier alpha value is -1.68. The molecule has 0 bridgehead atoms. The summed E-state index contributed by atoms with van der Waals surface area (Å²) in [5.74, 6) is 2.01. The molecule has 0 radical (unpaired) electrons. The molecule has 108 valence electrons. The number of hydrogen-bond acceptors (Lipinski definition) is 4. The molecule has 4 nitrogen and oxygen atoms in total. The van der Waals surface area contributed by atoms with Crippen LogP contribution in [0.15, 0.2) is 34.9 Å². The second-order valence-electron chi connectivity index (χ2n) is 5.38. The Morgan fingerprint density at radius 2 is 1.95 bits per heavy atom. The van der Waals surface area contributed by atoms with Crippen LogP contribution in [0.1, 0.15) is 38.0 Å². The second kappa shape index (κ2) is 7.20. The number of nitrogens with zero attached hydrogens (tertiary/aromatic N) is 2. The summed E-state index contributed by atoms with van der Waals surface area (Å²) in [6.07, 6.45) is 1.51. The Bertz CT molecular complexity index is 507. The van der Waals surface area contributed by atoms with Crippen LogP contribution < -0.4 is 5.32 Å². The number of benzene rings is 1. The van der Waals surface area contributed by atoms with E-state index in [2.05, 4.69) is 48.4 Å². The number of rotatable bonds is 7. The van der Waals surface area contributed by atoms with Gasteiger partial charge >= 0.3 is 0 Å². The summed E-state index contributed by atoms with van der Waals surface area (Å²) in [7, 11) is 0. The van der Waals surface area contributed by atoms with Crippen molar-refractivity contribution in [3.63, 3.8) is 0 Å². The van der Waals surface area contributed by atoms with Gasteiger partial charge in [0.15, 0.2) is 5.82 Å². The Balaban J connectivity index is 1.98. The van der Waals surface area contributed by atoms with Crippen LogP contribution in [0.5, 0.6) is 0 Å². The van der Waals surface area contributed by atoms with Gasteiger partial charge in [-0.25, -0.2) is 0 Å². The van der Waals surface area contributed by atoms with E-state index in [0.717, 1.165) is 31.1 Å². The lowest BCUT2D eigenvalue weighted by molar-refractivity contribution is 0.327. The van der Waals surface area contributed by atoms with Crippen LogP contribution in [0, 0.1) is 5.92 Å². The Labute approximate surface area is 120 Å². The van der Waals surface area contributed by atoms with Crippen LogP contribution >= 0.6 is 0 Å². The average molecular weight is 273 g/mol. The fourth-order valence-corrected chi connectivity index (χ4v) is 2.22. The van der Waals surface area contributed by atoms with Gasteiger partial charge in [-0.1, -0.05) is 56.3 Å². The SMILES string of the molecule is CCNC(Cc1nc(Cc2ccccc2)no1)C(C)C. The van der Waals surface area contributed by atoms with Crippen LogP contribution in [0.2, 0.25) is 0 Å². The van der Waals surface area contributed by atoms with Gasteiger partial charge in [0.25, 0.3) is 0 Å². The standard InChI is InChI=1S/C16H23N3O/c1-4-17-14(12(2)3)11-16-18-15(19-20-16)10-13-8-6-5-7-9-13/h5-9,12,14,17H,4,10-11H2,1-3H3. The highest BCUT2D eigenvalue weighted by Gasteiger charge is 2.17. The van der Waals surface area contributed by atoms with E-state index in [1.54, 1.807) is 0 Å². The first kappa shape index (κ1) is 14.7. The lowest BCUT2D eigenvalue weighted by atomic mass is 10.0.